The quantitative estimate of drug-likeness (QED) is 0.455. The van der Waals surface area contributed by atoms with E-state index in [4.69, 9.17) is 16.1 Å². The lowest BCUT2D eigenvalue weighted by Crippen LogP contribution is -2.43. The van der Waals surface area contributed by atoms with E-state index in [-0.39, 0.29) is 23.7 Å². The van der Waals surface area contributed by atoms with Gasteiger partial charge in [0.2, 0.25) is 22.9 Å². The van der Waals surface area contributed by atoms with Gasteiger partial charge in [-0.25, -0.2) is 4.98 Å². The predicted molar refractivity (Wildman–Crippen MR) is 113 cm³/mol. The second-order valence-corrected chi connectivity index (χ2v) is 7.64. The number of hydrogen-bond donors (Lipinski definition) is 2. The Hall–Kier alpha value is -3.53. The van der Waals surface area contributed by atoms with Crippen LogP contribution in [-0.2, 0) is 11.3 Å². The minimum atomic E-state index is -0.197. The van der Waals surface area contributed by atoms with Crippen molar-refractivity contribution in [1.82, 2.24) is 35.4 Å². The maximum absolute atomic E-state index is 12.8. The average molecular weight is 439 g/mol. The highest BCUT2D eigenvalue weighted by molar-refractivity contribution is 6.28. The molecule has 0 aliphatic carbocycles. The summed E-state index contributed by atoms with van der Waals surface area (Å²) in [7, 11) is 0. The molecule has 0 radical (unpaired) electrons. The van der Waals surface area contributed by atoms with Crippen LogP contribution in [0.5, 0.6) is 0 Å². The number of nitrogens with one attached hydrogen (secondary N) is 2. The molecule has 3 aromatic heterocycles. The third kappa shape index (κ3) is 4.06. The molecule has 0 unspecified atom stereocenters. The van der Waals surface area contributed by atoms with Crippen molar-refractivity contribution in [2.75, 3.05) is 18.0 Å². The van der Waals surface area contributed by atoms with Gasteiger partial charge in [0.1, 0.15) is 5.52 Å². The fourth-order valence-corrected chi connectivity index (χ4v) is 3.90. The van der Waals surface area contributed by atoms with Gasteiger partial charge >= 0.3 is 0 Å². The molecule has 1 fully saturated rings. The average Bonchev–Trinajstić information content (AvgIpc) is 3.47. The predicted octanol–water partition coefficient (Wildman–Crippen LogP) is 2.59. The number of halogens is 1. The van der Waals surface area contributed by atoms with E-state index in [0.717, 1.165) is 24.9 Å². The van der Waals surface area contributed by atoms with Crippen molar-refractivity contribution in [3.05, 3.63) is 47.8 Å². The first kappa shape index (κ1) is 19.4. The van der Waals surface area contributed by atoms with Crippen molar-refractivity contribution in [3.8, 4) is 11.4 Å². The van der Waals surface area contributed by atoms with Crippen LogP contribution in [0.4, 0.5) is 5.82 Å². The second kappa shape index (κ2) is 8.31. The van der Waals surface area contributed by atoms with Crippen molar-refractivity contribution in [2.45, 2.75) is 19.4 Å². The van der Waals surface area contributed by atoms with E-state index < -0.39 is 0 Å². The Morgan fingerprint density at radius 2 is 2.13 bits per heavy atom. The molecule has 5 rings (SSSR count). The highest BCUT2D eigenvalue weighted by atomic mass is 35.5. The van der Waals surface area contributed by atoms with Crippen LogP contribution in [-0.4, -0.2) is 49.1 Å². The smallest absolute Gasteiger partial charge is 0.246 e. The van der Waals surface area contributed by atoms with E-state index >= 15 is 0 Å². The first-order valence-corrected chi connectivity index (χ1v) is 10.3. The van der Waals surface area contributed by atoms with Crippen LogP contribution in [0.2, 0.25) is 5.28 Å². The lowest BCUT2D eigenvalue weighted by molar-refractivity contribution is -0.125. The molecule has 11 heteroatoms. The summed E-state index contributed by atoms with van der Waals surface area (Å²) in [4.78, 5) is 34.9. The number of amides is 1. The summed E-state index contributed by atoms with van der Waals surface area (Å²) in [6.45, 7) is 1.47. The summed E-state index contributed by atoms with van der Waals surface area (Å²) in [5.41, 5.74) is 2.08. The monoisotopic (exact) mass is 438 g/mol. The van der Waals surface area contributed by atoms with Gasteiger partial charge in [0.25, 0.3) is 0 Å². The molecule has 4 heterocycles. The van der Waals surface area contributed by atoms with Crippen molar-refractivity contribution < 1.29 is 9.32 Å². The van der Waals surface area contributed by atoms with E-state index in [9.17, 15) is 4.79 Å². The van der Waals surface area contributed by atoms with Gasteiger partial charge in [-0.15, -0.1) is 0 Å². The number of imidazole rings is 1. The normalized spacial score (nSPS) is 16.5. The fraction of sp³-hybridized carbons (Fsp3) is 0.300. The molecular formula is C20H19ClN8O2. The molecule has 1 atom stereocenters. The molecule has 1 amide bonds. The molecule has 158 valence electrons. The zero-order valence-corrected chi connectivity index (χ0v) is 17.2. The summed E-state index contributed by atoms with van der Waals surface area (Å²) >= 11 is 6.06. The van der Waals surface area contributed by atoms with Crippen molar-refractivity contribution in [1.29, 1.82) is 0 Å². The number of carbonyl (C=O) groups is 1. The Labute approximate surface area is 182 Å². The molecule has 10 nitrogen and oxygen atoms in total. The number of aromatic amines is 1. The summed E-state index contributed by atoms with van der Waals surface area (Å²) in [5.74, 6) is 1.26. The molecule has 1 aromatic carbocycles. The van der Waals surface area contributed by atoms with Crippen molar-refractivity contribution in [3.63, 3.8) is 0 Å². The third-order valence-electron chi connectivity index (χ3n) is 5.24. The number of aromatic nitrogens is 6. The van der Waals surface area contributed by atoms with Gasteiger partial charge in [0.05, 0.1) is 18.8 Å². The molecule has 1 aliphatic heterocycles. The second-order valence-electron chi connectivity index (χ2n) is 7.30. The molecule has 1 aliphatic rings. The zero-order chi connectivity index (χ0) is 21.2. The molecule has 0 spiro atoms. The number of nitrogens with zero attached hydrogens (tertiary/aromatic N) is 6. The van der Waals surface area contributed by atoms with Gasteiger partial charge < -0.3 is 19.7 Å². The van der Waals surface area contributed by atoms with Crippen LogP contribution in [0.1, 0.15) is 18.7 Å². The topological polar surface area (TPSA) is 126 Å². The van der Waals surface area contributed by atoms with Crippen LogP contribution in [0.15, 0.2) is 41.2 Å². The van der Waals surface area contributed by atoms with Gasteiger partial charge in [-0.2, -0.15) is 15.0 Å². The first-order valence-electron chi connectivity index (χ1n) is 9.94. The number of H-pyrrole nitrogens is 1. The molecule has 1 saturated heterocycles. The fourth-order valence-electron chi connectivity index (χ4n) is 3.74. The summed E-state index contributed by atoms with van der Waals surface area (Å²) < 4.78 is 5.27. The maximum atomic E-state index is 12.8. The van der Waals surface area contributed by atoms with Crippen LogP contribution < -0.4 is 10.2 Å². The highest BCUT2D eigenvalue weighted by Crippen LogP contribution is 2.27. The maximum Gasteiger partial charge on any atom is 0.246 e. The molecular weight excluding hydrogens is 420 g/mol. The zero-order valence-electron chi connectivity index (χ0n) is 16.5. The number of carbonyl (C=O) groups excluding carboxylic acids is 1. The first-order chi connectivity index (χ1) is 15.2. The van der Waals surface area contributed by atoms with Crippen LogP contribution in [0.3, 0.4) is 0 Å². The minimum Gasteiger partial charge on any atom is -0.354 e. The summed E-state index contributed by atoms with van der Waals surface area (Å²) in [6, 6.07) is 9.54. The van der Waals surface area contributed by atoms with E-state index in [0.29, 0.717) is 35.2 Å². The number of hydrogen-bond acceptors (Lipinski definition) is 8. The molecule has 0 bridgehead atoms. The van der Waals surface area contributed by atoms with Crippen LogP contribution in [0, 0.1) is 5.92 Å². The third-order valence-corrected chi connectivity index (χ3v) is 5.41. The summed E-state index contributed by atoms with van der Waals surface area (Å²) in [6.07, 6.45) is 3.20. The van der Waals surface area contributed by atoms with Crippen LogP contribution >= 0.6 is 11.6 Å². The Bertz CT molecular complexity index is 1210. The van der Waals surface area contributed by atoms with E-state index in [1.807, 2.05) is 35.2 Å². The Kier molecular flexibility index (Phi) is 5.21. The highest BCUT2D eigenvalue weighted by Gasteiger charge is 2.28. The standard InChI is InChI=1S/C20H19ClN8O2/c21-20-26-17-15(23-11-24-17)18(27-20)29-8-4-7-13(10-29)19(30)22-9-14-25-16(28-31-14)12-5-2-1-3-6-12/h1-3,5-6,11,13H,4,7-10H2,(H,22,30)(H,23,24,26,27)/t13-/m0/s1. The largest absolute Gasteiger partial charge is 0.354 e. The van der Waals surface area contributed by atoms with Gasteiger partial charge in [0.15, 0.2) is 11.5 Å². The van der Waals surface area contributed by atoms with E-state index in [2.05, 4.69) is 35.4 Å². The number of fused-ring (bicyclic) bond motifs is 1. The van der Waals surface area contributed by atoms with E-state index in [1.165, 1.54) is 0 Å². The number of rotatable bonds is 5. The van der Waals surface area contributed by atoms with E-state index in [1.54, 1.807) is 6.33 Å². The van der Waals surface area contributed by atoms with Gasteiger partial charge in [0, 0.05) is 18.7 Å². The van der Waals surface area contributed by atoms with Gasteiger partial charge in [-0.3, -0.25) is 4.79 Å². The molecule has 0 saturated carbocycles. The molecule has 2 N–H and O–H groups in total. The Morgan fingerprint density at radius 1 is 1.26 bits per heavy atom. The van der Waals surface area contributed by atoms with Gasteiger partial charge in [-0.1, -0.05) is 35.5 Å². The number of piperidine rings is 1. The van der Waals surface area contributed by atoms with Gasteiger partial charge in [-0.05, 0) is 24.4 Å². The van der Waals surface area contributed by atoms with Crippen molar-refractivity contribution >= 4 is 34.5 Å². The molecule has 4 aromatic rings. The SMILES string of the molecule is O=C(NCc1nc(-c2ccccc2)no1)[C@H]1CCCN(c2nc(Cl)nc3nc[nH]c23)C1. The minimum absolute atomic E-state index is 0.0647. The summed E-state index contributed by atoms with van der Waals surface area (Å²) in [5, 5.41) is 7.02. The Morgan fingerprint density at radius 3 is 3.00 bits per heavy atom. The number of benzene rings is 1. The Balaban J connectivity index is 1.24. The molecule has 31 heavy (non-hydrogen) atoms. The van der Waals surface area contributed by atoms with Crippen LogP contribution in [0.25, 0.3) is 22.6 Å². The van der Waals surface area contributed by atoms with Crippen molar-refractivity contribution in [2.24, 2.45) is 5.92 Å². The number of anilines is 1. The lowest BCUT2D eigenvalue weighted by atomic mass is 9.97. The lowest BCUT2D eigenvalue weighted by Gasteiger charge is -2.32.